The molecular weight excluding hydrogens is 326 g/mol. The number of hydrogen-bond acceptors (Lipinski definition) is 4. The Hall–Kier alpha value is -0.680. The lowest BCUT2D eigenvalue weighted by Crippen LogP contribution is -2.38. The van der Waals surface area contributed by atoms with Crippen LogP contribution in [0.3, 0.4) is 0 Å². The Morgan fingerprint density at radius 1 is 1.00 bits per heavy atom. The van der Waals surface area contributed by atoms with Gasteiger partial charge in [-0.3, -0.25) is 0 Å². The van der Waals surface area contributed by atoms with Gasteiger partial charge >= 0.3 is 0 Å². The normalized spacial score (nSPS) is 18.1. The summed E-state index contributed by atoms with van der Waals surface area (Å²) in [6, 6.07) is -0.538. The van der Waals surface area contributed by atoms with Crippen molar-refractivity contribution in [2.45, 2.75) is 97.8 Å². The predicted octanol–water partition coefficient (Wildman–Crippen LogP) is 3.94. The van der Waals surface area contributed by atoms with Gasteiger partial charge in [0, 0.05) is 0 Å². The third kappa shape index (κ3) is 12.6. The first kappa shape index (κ1) is 25.3. The summed E-state index contributed by atoms with van der Waals surface area (Å²) in [6.45, 7) is 10.4. The van der Waals surface area contributed by atoms with Crippen LogP contribution in [0.1, 0.15) is 79.6 Å². The zero-order valence-corrected chi connectivity index (χ0v) is 17.6. The molecule has 154 valence electrons. The average Bonchev–Trinajstić information content (AvgIpc) is 2.58. The molecule has 0 aliphatic heterocycles. The quantitative estimate of drug-likeness (QED) is 0.349. The molecule has 26 heavy (non-hydrogen) atoms. The summed E-state index contributed by atoms with van der Waals surface area (Å²) in [5, 5.41) is 29.0. The minimum Gasteiger partial charge on any atom is -0.395 e. The molecule has 0 rings (SSSR count). The van der Waals surface area contributed by atoms with E-state index in [4.69, 9.17) is 10.8 Å². The fourth-order valence-electron chi connectivity index (χ4n) is 3.03. The fourth-order valence-corrected chi connectivity index (χ4v) is 3.03. The summed E-state index contributed by atoms with van der Waals surface area (Å²) in [7, 11) is 0. The molecule has 0 unspecified atom stereocenters. The number of rotatable bonds is 14. The molecule has 0 amide bonds. The van der Waals surface area contributed by atoms with Gasteiger partial charge in [0.25, 0.3) is 0 Å². The van der Waals surface area contributed by atoms with E-state index in [2.05, 4.69) is 46.8 Å². The standard InChI is InChI=1S/C22H43NO3/c1-16(2)12-13-21(25)19(5)11-7-9-17(3)8-6-10-18(4)14-22(26)20(23)15-24/h8,12,18-22,24-26H,6-7,9-11,13-15,23H2,1-5H3/t18-,19+,20-,21-,22+/m1/s1. The van der Waals surface area contributed by atoms with Crippen LogP contribution in [-0.4, -0.2) is 40.2 Å². The Bertz CT molecular complexity index is 416. The number of hydrogen-bond donors (Lipinski definition) is 4. The smallest absolute Gasteiger partial charge is 0.0716 e. The number of aliphatic hydroxyl groups is 3. The Balaban J connectivity index is 3.99. The van der Waals surface area contributed by atoms with Crippen LogP contribution in [0.2, 0.25) is 0 Å². The molecular formula is C22H43NO3. The maximum atomic E-state index is 10.2. The molecule has 4 nitrogen and oxygen atoms in total. The van der Waals surface area contributed by atoms with E-state index in [9.17, 15) is 10.2 Å². The Kier molecular flexibility index (Phi) is 14.0. The van der Waals surface area contributed by atoms with Crippen molar-refractivity contribution in [3.63, 3.8) is 0 Å². The van der Waals surface area contributed by atoms with Crippen molar-refractivity contribution in [3.8, 4) is 0 Å². The van der Waals surface area contributed by atoms with Crippen molar-refractivity contribution in [2.75, 3.05) is 6.61 Å². The molecule has 4 heteroatoms. The van der Waals surface area contributed by atoms with Crippen molar-refractivity contribution in [2.24, 2.45) is 17.6 Å². The minimum absolute atomic E-state index is 0.172. The molecule has 0 aromatic carbocycles. The van der Waals surface area contributed by atoms with E-state index in [1.807, 2.05) is 0 Å². The first-order valence-corrected chi connectivity index (χ1v) is 10.2. The lowest BCUT2D eigenvalue weighted by molar-refractivity contribution is 0.0876. The molecule has 0 spiro atoms. The van der Waals surface area contributed by atoms with Crippen LogP contribution >= 0.6 is 0 Å². The summed E-state index contributed by atoms with van der Waals surface area (Å²) >= 11 is 0. The van der Waals surface area contributed by atoms with Crippen molar-refractivity contribution < 1.29 is 15.3 Å². The SMILES string of the molecule is CC(C)=CC[C@@H](O)[C@@H](C)CCCC(C)=CCC[C@@H](C)C[C@H](O)[C@H](N)CO. The van der Waals surface area contributed by atoms with Crippen molar-refractivity contribution in [1.82, 2.24) is 0 Å². The van der Waals surface area contributed by atoms with Crippen LogP contribution in [-0.2, 0) is 0 Å². The molecule has 0 saturated carbocycles. The molecule has 0 aliphatic rings. The third-order valence-electron chi connectivity index (χ3n) is 5.16. The van der Waals surface area contributed by atoms with Crippen LogP contribution in [0.15, 0.2) is 23.3 Å². The van der Waals surface area contributed by atoms with Crippen molar-refractivity contribution >= 4 is 0 Å². The van der Waals surface area contributed by atoms with Gasteiger partial charge in [0.2, 0.25) is 0 Å². The van der Waals surface area contributed by atoms with Gasteiger partial charge in [0.05, 0.1) is 24.9 Å². The monoisotopic (exact) mass is 369 g/mol. The molecule has 5 atom stereocenters. The van der Waals surface area contributed by atoms with Gasteiger partial charge in [-0.1, -0.05) is 37.1 Å². The Morgan fingerprint density at radius 2 is 1.65 bits per heavy atom. The van der Waals surface area contributed by atoms with Crippen LogP contribution < -0.4 is 5.73 Å². The highest BCUT2D eigenvalue weighted by Gasteiger charge is 2.16. The second kappa shape index (κ2) is 14.4. The first-order valence-electron chi connectivity index (χ1n) is 10.2. The van der Waals surface area contributed by atoms with Crippen molar-refractivity contribution in [3.05, 3.63) is 23.3 Å². The van der Waals surface area contributed by atoms with Gasteiger partial charge in [-0.25, -0.2) is 0 Å². The molecule has 0 aliphatic carbocycles. The van der Waals surface area contributed by atoms with E-state index in [-0.39, 0.29) is 12.7 Å². The van der Waals surface area contributed by atoms with Gasteiger partial charge in [0.1, 0.15) is 0 Å². The number of nitrogens with two attached hydrogens (primary N) is 1. The van der Waals surface area contributed by atoms with E-state index in [0.29, 0.717) is 18.3 Å². The largest absolute Gasteiger partial charge is 0.395 e. The molecule has 0 bridgehead atoms. The van der Waals surface area contributed by atoms with Gasteiger partial charge in [0.15, 0.2) is 0 Å². The van der Waals surface area contributed by atoms with Crippen LogP contribution in [0.4, 0.5) is 0 Å². The second-order valence-corrected chi connectivity index (χ2v) is 8.34. The summed E-state index contributed by atoms with van der Waals surface area (Å²) in [6.07, 6.45) is 10.2. The maximum absolute atomic E-state index is 10.2. The molecule has 0 aromatic rings. The van der Waals surface area contributed by atoms with E-state index >= 15 is 0 Å². The summed E-state index contributed by atoms with van der Waals surface area (Å²) in [5.74, 6) is 0.715. The zero-order valence-electron chi connectivity index (χ0n) is 17.6. The molecule has 0 saturated heterocycles. The minimum atomic E-state index is -0.626. The summed E-state index contributed by atoms with van der Waals surface area (Å²) < 4.78 is 0. The summed E-state index contributed by atoms with van der Waals surface area (Å²) in [5.41, 5.74) is 8.30. The highest BCUT2D eigenvalue weighted by Crippen LogP contribution is 2.20. The van der Waals surface area contributed by atoms with Crippen molar-refractivity contribution in [1.29, 1.82) is 0 Å². The van der Waals surface area contributed by atoms with Gasteiger partial charge in [-0.15, -0.1) is 0 Å². The van der Waals surface area contributed by atoms with Gasteiger partial charge in [-0.05, 0) is 77.6 Å². The lowest BCUT2D eigenvalue weighted by Gasteiger charge is -2.20. The van der Waals surface area contributed by atoms with Crippen LogP contribution in [0, 0.1) is 11.8 Å². The Morgan fingerprint density at radius 3 is 2.23 bits per heavy atom. The number of aliphatic hydroxyl groups excluding tert-OH is 3. The van der Waals surface area contributed by atoms with Gasteiger partial charge < -0.3 is 21.1 Å². The van der Waals surface area contributed by atoms with E-state index < -0.39 is 12.1 Å². The lowest BCUT2D eigenvalue weighted by atomic mass is 9.93. The molecule has 0 aromatic heterocycles. The van der Waals surface area contributed by atoms with Gasteiger partial charge in [-0.2, -0.15) is 0 Å². The van der Waals surface area contributed by atoms with E-state index in [0.717, 1.165) is 38.5 Å². The van der Waals surface area contributed by atoms with E-state index in [1.165, 1.54) is 11.1 Å². The average molecular weight is 370 g/mol. The molecule has 5 N–H and O–H groups in total. The van der Waals surface area contributed by atoms with Crippen LogP contribution in [0.25, 0.3) is 0 Å². The maximum Gasteiger partial charge on any atom is 0.0716 e. The molecule has 0 fully saturated rings. The molecule has 0 heterocycles. The third-order valence-corrected chi connectivity index (χ3v) is 5.16. The molecule has 0 radical (unpaired) electrons. The predicted molar refractivity (Wildman–Crippen MR) is 111 cm³/mol. The highest BCUT2D eigenvalue weighted by atomic mass is 16.3. The summed E-state index contributed by atoms with van der Waals surface area (Å²) in [4.78, 5) is 0. The fraction of sp³-hybridized carbons (Fsp3) is 0.818. The first-order chi connectivity index (χ1) is 12.2. The zero-order chi connectivity index (χ0) is 20.1. The van der Waals surface area contributed by atoms with Crippen LogP contribution in [0.5, 0.6) is 0 Å². The number of allylic oxidation sites excluding steroid dienone is 3. The second-order valence-electron chi connectivity index (χ2n) is 8.34. The highest BCUT2D eigenvalue weighted by molar-refractivity contribution is 4.98. The topological polar surface area (TPSA) is 86.7 Å². The Labute approximate surface area is 161 Å². The van der Waals surface area contributed by atoms with E-state index in [1.54, 1.807) is 0 Å².